The van der Waals surface area contributed by atoms with E-state index in [-0.39, 0.29) is 48.0 Å². The topological polar surface area (TPSA) is 0 Å². The molecule has 4 aliphatic carbocycles. The van der Waals surface area contributed by atoms with Gasteiger partial charge in [-0.25, -0.2) is 0 Å². The second-order valence-electron chi connectivity index (χ2n) is 5.65. The first-order valence-electron chi connectivity index (χ1n) is 7.30. The molecule has 0 saturated heterocycles. The van der Waals surface area contributed by atoms with Gasteiger partial charge in [-0.15, -0.1) is 24.0 Å². The van der Waals surface area contributed by atoms with Gasteiger partial charge in [-0.2, -0.15) is 12.8 Å². The fourth-order valence-corrected chi connectivity index (χ4v) is 3.39. The fourth-order valence-electron chi connectivity index (χ4n) is 3.39. The summed E-state index contributed by atoms with van der Waals surface area (Å²) in [5.74, 6) is 3.23. The minimum atomic E-state index is 0. The maximum absolute atomic E-state index is 2.42. The molecule has 0 bridgehead atoms. The number of allylic oxidation sites excluding steroid dienone is 8. The molecule has 4 atom stereocenters. The van der Waals surface area contributed by atoms with Crippen molar-refractivity contribution in [1.29, 1.82) is 0 Å². The largest absolute Gasteiger partial charge is 3.00 e. The Bertz CT molecular complexity index is 320. The summed E-state index contributed by atoms with van der Waals surface area (Å²) in [5.41, 5.74) is 0. The summed E-state index contributed by atoms with van der Waals surface area (Å²) in [6, 6.07) is 0. The predicted molar refractivity (Wildman–Crippen MR) is 77.6 cm³/mol. The van der Waals surface area contributed by atoms with Crippen LogP contribution in [0.3, 0.4) is 0 Å². The van der Waals surface area contributed by atoms with Crippen LogP contribution in [0.1, 0.15) is 25.7 Å². The van der Waals surface area contributed by atoms with E-state index in [4.69, 9.17) is 0 Å². The fraction of sp³-hybridized carbons (Fsp3) is 0.444. The van der Waals surface area contributed by atoms with Gasteiger partial charge < -0.3 is 25.2 Å². The molecule has 0 aromatic rings. The summed E-state index contributed by atoms with van der Waals surface area (Å²) in [6.45, 7) is 0. The molecule has 0 radical (unpaired) electrons. The molecular weight excluding hydrogens is 391 g/mol. The first-order chi connectivity index (χ1) is 8.93. The zero-order valence-corrected chi connectivity index (χ0v) is 16.2. The molecule has 4 rings (SSSR count). The van der Waals surface area contributed by atoms with Gasteiger partial charge in [0.2, 0.25) is 0 Å². The Hall–Kier alpha value is 0.445. The van der Waals surface area contributed by atoms with E-state index in [0.717, 1.165) is 23.7 Å². The average Bonchev–Trinajstić information content (AvgIpc) is 3.08. The molecule has 4 unspecified atom stereocenters. The SMILES string of the molecule is C1=CC2[CH-]CCC2C=C1.C1=CC2[CH-]CCC2C=C1.[Cl-].[La+3]. The van der Waals surface area contributed by atoms with Gasteiger partial charge in [0.15, 0.2) is 0 Å². The van der Waals surface area contributed by atoms with Crippen molar-refractivity contribution in [1.82, 2.24) is 0 Å². The van der Waals surface area contributed by atoms with Crippen molar-refractivity contribution in [2.75, 3.05) is 0 Å². The van der Waals surface area contributed by atoms with Crippen LogP contribution in [-0.2, 0) is 0 Å². The summed E-state index contributed by atoms with van der Waals surface area (Å²) < 4.78 is 0. The quantitative estimate of drug-likeness (QED) is 0.531. The molecular formula is C18H22ClLa. The predicted octanol–water partition coefficient (Wildman–Crippen LogP) is 1.69. The van der Waals surface area contributed by atoms with Crippen LogP contribution < -0.4 is 12.4 Å². The van der Waals surface area contributed by atoms with Gasteiger partial charge in [0, 0.05) is 0 Å². The van der Waals surface area contributed by atoms with Crippen molar-refractivity contribution >= 4 is 0 Å². The third-order valence-corrected chi connectivity index (χ3v) is 4.47. The van der Waals surface area contributed by atoms with Crippen molar-refractivity contribution in [2.24, 2.45) is 23.7 Å². The molecule has 0 nitrogen and oxygen atoms in total. The second-order valence-corrected chi connectivity index (χ2v) is 5.65. The third-order valence-electron chi connectivity index (χ3n) is 4.47. The maximum atomic E-state index is 2.42. The third kappa shape index (κ3) is 4.73. The molecule has 0 aromatic carbocycles. The van der Waals surface area contributed by atoms with Crippen LogP contribution in [0, 0.1) is 72.1 Å². The van der Waals surface area contributed by atoms with Gasteiger partial charge in [0.1, 0.15) is 0 Å². The van der Waals surface area contributed by atoms with E-state index in [1.165, 1.54) is 25.7 Å². The van der Waals surface area contributed by atoms with Crippen LogP contribution in [-0.4, -0.2) is 0 Å². The van der Waals surface area contributed by atoms with Crippen molar-refractivity contribution in [3.05, 3.63) is 61.4 Å². The van der Waals surface area contributed by atoms with Crippen LogP contribution in [0.5, 0.6) is 0 Å². The van der Waals surface area contributed by atoms with Crippen LogP contribution >= 0.6 is 0 Å². The van der Waals surface area contributed by atoms with E-state index in [2.05, 4.69) is 61.4 Å². The van der Waals surface area contributed by atoms with Gasteiger partial charge >= 0.3 is 35.6 Å². The first kappa shape index (κ1) is 18.5. The zero-order chi connectivity index (χ0) is 12.2. The van der Waals surface area contributed by atoms with E-state index in [0.29, 0.717) is 0 Å². The van der Waals surface area contributed by atoms with Crippen molar-refractivity contribution in [3.8, 4) is 0 Å². The van der Waals surface area contributed by atoms with Crippen LogP contribution in [0.25, 0.3) is 0 Å². The number of hydrogen-bond donors (Lipinski definition) is 0. The Morgan fingerprint density at radius 1 is 0.650 bits per heavy atom. The van der Waals surface area contributed by atoms with Crippen LogP contribution in [0.4, 0.5) is 0 Å². The molecule has 2 saturated carbocycles. The molecule has 20 heavy (non-hydrogen) atoms. The minimum Gasteiger partial charge on any atom is -1.00 e. The molecule has 0 aromatic heterocycles. The molecule has 2 fully saturated rings. The summed E-state index contributed by atoms with van der Waals surface area (Å²) in [5, 5.41) is 0. The molecule has 0 spiro atoms. The Balaban J connectivity index is 0.000000182. The molecule has 2 heteroatoms. The average molecular weight is 413 g/mol. The number of hydrogen-bond acceptors (Lipinski definition) is 0. The normalized spacial score (nSPS) is 35.2. The molecule has 0 heterocycles. The van der Waals surface area contributed by atoms with Crippen molar-refractivity contribution < 1.29 is 48.0 Å². The molecule has 0 aliphatic heterocycles. The number of fused-ring (bicyclic) bond motifs is 2. The van der Waals surface area contributed by atoms with Gasteiger partial charge in [-0.05, 0) is 11.8 Å². The maximum Gasteiger partial charge on any atom is 3.00 e. The van der Waals surface area contributed by atoms with Gasteiger partial charge in [-0.3, -0.25) is 0 Å². The summed E-state index contributed by atoms with van der Waals surface area (Å²) in [7, 11) is 0. The van der Waals surface area contributed by atoms with E-state index in [1.54, 1.807) is 0 Å². The van der Waals surface area contributed by atoms with Crippen molar-refractivity contribution in [3.63, 3.8) is 0 Å². The molecule has 4 aliphatic rings. The number of halogens is 1. The van der Waals surface area contributed by atoms with Gasteiger partial charge in [0.25, 0.3) is 0 Å². The Kier molecular flexibility index (Phi) is 8.75. The minimum absolute atomic E-state index is 0. The standard InChI is InChI=1S/2C9H11.ClH.La/c2*1-2-5-9-7-3-6-8(9)4-1;;/h2*1-2,4-6,8-9H,3,7H2;1H;/q2*-1;;+3/p-1. The first-order valence-corrected chi connectivity index (χ1v) is 7.30. The van der Waals surface area contributed by atoms with Gasteiger partial charge in [-0.1, -0.05) is 49.3 Å². The Labute approximate surface area is 157 Å². The van der Waals surface area contributed by atoms with E-state index >= 15 is 0 Å². The molecule has 0 amide bonds. The smallest absolute Gasteiger partial charge is 1.00 e. The van der Waals surface area contributed by atoms with E-state index in [1.807, 2.05) is 0 Å². The Morgan fingerprint density at radius 2 is 1.05 bits per heavy atom. The number of rotatable bonds is 0. The molecule has 0 N–H and O–H groups in total. The summed E-state index contributed by atoms with van der Waals surface area (Å²) >= 11 is 0. The second kappa shape index (κ2) is 9.46. The summed E-state index contributed by atoms with van der Waals surface area (Å²) in [4.78, 5) is 0. The summed E-state index contributed by atoms with van der Waals surface area (Å²) in [6.07, 6.45) is 28.1. The van der Waals surface area contributed by atoms with Crippen LogP contribution in [0.15, 0.2) is 48.6 Å². The van der Waals surface area contributed by atoms with Gasteiger partial charge in [0.05, 0.1) is 0 Å². The Morgan fingerprint density at radius 3 is 1.45 bits per heavy atom. The van der Waals surface area contributed by atoms with E-state index in [9.17, 15) is 0 Å². The van der Waals surface area contributed by atoms with E-state index < -0.39 is 0 Å². The van der Waals surface area contributed by atoms with Crippen LogP contribution in [0.2, 0.25) is 0 Å². The van der Waals surface area contributed by atoms with Crippen molar-refractivity contribution in [2.45, 2.75) is 25.7 Å². The monoisotopic (exact) mass is 412 g/mol. The zero-order valence-electron chi connectivity index (χ0n) is 11.9. The molecule has 104 valence electrons.